The second kappa shape index (κ2) is 17.9. The minimum Gasteiger partial charge on any atom is -0.494 e. The summed E-state index contributed by atoms with van der Waals surface area (Å²) in [6, 6.07) is 21.1. The van der Waals surface area contributed by atoms with Gasteiger partial charge in [0.05, 0.1) is 29.4 Å². The fourth-order valence-electron chi connectivity index (χ4n) is 5.94. The average Bonchev–Trinajstić information content (AvgIpc) is 3.62. The van der Waals surface area contributed by atoms with Crippen molar-refractivity contribution >= 4 is 40.2 Å². The molecule has 1 unspecified atom stereocenters. The number of carbonyl (C=O) groups is 1. The Kier molecular flexibility index (Phi) is 12.8. The van der Waals surface area contributed by atoms with E-state index in [1.165, 1.54) is 0 Å². The van der Waals surface area contributed by atoms with Gasteiger partial charge in [-0.3, -0.25) is 10.1 Å². The third-order valence-electron chi connectivity index (χ3n) is 8.90. The Morgan fingerprint density at radius 2 is 1.71 bits per heavy atom. The number of nitrogens with zero attached hydrogens (tertiary/aromatic N) is 3. The number of benzene rings is 4. The normalized spacial score (nSPS) is 14.4. The highest BCUT2D eigenvalue weighted by Crippen LogP contribution is 2.36. The van der Waals surface area contributed by atoms with Crippen LogP contribution in [0.3, 0.4) is 0 Å². The number of nitrogens with one attached hydrogen (secondary N) is 1. The third kappa shape index (κ3) is 9.71. The molecule has 0 amide bonds. The van der Waals surface area contributed by atoms with Crippen LogP contribution in [0.25, 0.3) is 22.2 Å². The molecule has 0 spiro atoms. The van der Waals surface area contributed by atoms with Crippen molar-refractivity contribution in [1.82, 2.24) is 20.5 Å². The predicted octanol–water partition coefficient (Wildman–Crippen LogP) is 6.12. The van der Waals surface area contributed by atoms with E-state index >= 15 is 0 Å². The van der Waals surface area contributed by atoms with Crippen molar-refractivity contribution in [3.63, 3.8) is 0 Å². The van der Waals surface area contributed by atoms with Gasteiger partial charge >= 0.3 is 5.97 Å². The number of aliphatic carboxylic acids is 1. The maximum absolute atomic E-state index is 11.5. The fourth-order valence-corrected chi connectivity index (χ4v) is 6.48. The molecule has 1 aliphatic heterocycles. The van der Waals surface area contributed by atoms with Gasteiger partial charge in [-0.2, -0.15) is 0 Å². The lowest BCUT2D eigenvalue weighted by Crippen LogP contribution is -2.39. The zero-order valence-electron chi connectivity index (χ0n) is 28.3. The van der Waals surface area contributed by atoms with Gasteiger partial charge in [-0.05, 0) is 71.0 Å². The van der Waals surface area contributed by atoms with Crippen LogP contribution in [0, 0.1) is 0 Å². The van der Waals surface area contributed by atoms with E-state index in [4.69, 9.17) is 42.0 Å². The molecule has 52 heavy (non-hydrogen) atoms. The topological polar surface area (TPSA) is 160 Å². The largest absolute Gasteiger partial charge is 0.494 e. The summed E-state index contributed by atoms with van der Waals surface area (Å²) in [7, 11) is 0. The van der Waals surface area contributed by atoms with Gasteiger partial charge in [0, 0.05) is 48.9 Å². The van der Waals surface area contributed by atoms with Crippen molar-refractivity contribution in [2.24, 2.45) is 0 Å². The van der Waals surface area contributed by atoms with Crippen LogP contribution in [0.15, 0.2) is 77.4 Å². The molecule has 1 fully saturated rings. The monoisotopic (exact) mass is 750 g/mol. The highest BCUT2D eigenvalue weighted by molar-refractivity contribution is 6.34. The minimum atomic E-state index is -1.19. The zero-order chi connectivity index (χ0) is 36.5. The van der Waals surface area contributed by atoms with Gasteiger partial charge in [-0.15, -0.1) is 0 Å². The van der Waals surface area contributed by atoms with Crippen LogP contribution in [0.1, 0.15) is 36.0 Å². The molecule has 0 radical (unpaired) electrons. The van der Waals surface area contributed by atoms with E-state index in [2.05, 4.69) is 20.5 Å². The number of rotatable bonds is 17. The van der Waals surface area contributed by atoms with Gasteiger partial charge in [0.1, 0.15) is 47.5 Å². The number of hydrogen-bond acceptors (Lipinski definition) is 11. The molecular formula is C38H40Cl2N4O8. The van der Waals surface area contributed by atoms with Crippen molar-refractivity contribution in [2.75, 3.05) is 32.8 Å². The number of likely N-dealkylation sites (tertiary alicyclic amines) is 1. The summed E-state index contributed by atoms with van der Waals surface area (Å²) < 4.78 is 23.2. The fraction of sp³-hybridized carbons (Fsp3) is 0.342. The first-order chi connectivity index (χ1) is 25.3. The summed E-state index contributed by atoms with van der Waals surface area (Å²) in [5.74, 6) is 0.310. The number of halogens is 2. The molecule has 12 nitrogen and oxygen atoms in total. The number of fused-ring (bicyclic) bond motifs is 1. The first-order valence-corrected chi connectivity index (χ1v) is 17.8. The molecule has 5 aromatic rings. The molecule has 4 N–H and O–H groups in total. The van der Waals surface area contributed by atoms with Gasteiger partial charge in [0.25, 0.3) is 0 Å². The average molecular weight is 752 g/mol. The number of ether oxygens (including phenoxy) is 3. The number of hydrogen-bond donors (Lipinski definition) is 4. The van der Waals surface area contributed by atoms with Crippen molar-refractivity contribution in [3.05, 3.63) is 99.5 Å². The SMILES string of the molecule is O=C(O)C(CO)NCc1cc(Cl)c(OCc2cccc(-c3cccc(OCCCN4CCC(O)CC4)c3)c2Cl)cc1OCc1ccc2nonc2c1. The Morgan fingerprint density at radius 3 is 2.52 bits per heavy atom. The van der Waals surface area contributed by atoms with E-state index < -0.39 is 18.6 Å². The number of aliphatic hydroxyl groups excluding tert-OH is 2. The standard InChI is InChI=1S/C38H40Cl2N4O8/c39-31-18-27(20-41-34(21-45)38(47)48)35(50-22-24-8-9-32-33(16-24)43-52-42-32)19-36(31)51-23-26-5-2-7-30(37(26)40)25-4-1-6-29(17-25)49-15-3-12-44-13-10-28(46)11-14-44/h1-2,4-9,16-19,28,34,41,45-46H,3,10-15,20-23H2,(H,47,48). The summed E-state index contributed by atoms with van der Waals surface area (Å²) in [5, 5.41) is 40.0. The highest BCUT2D eigenvalue weighted by atomic mass is 35.5. The summed E-state index contributed by atoms with van der Waals surface area (Å²) in [5.41, 5.74) is 5.04. The Hall–Kier alpha value is -4.43. The minimum absolute atomic E-state index is 0.0548. The van der Waals surface area contributed by atoms with Gasteiger partial charge < -0.3 is 34.4 Å². The maximum Gasteiger partial charge on any atom is 0.323 e. The molecule has 4 aromatic carbocycles. The molecule has 1 aliphatic rings. The van der Waals surface area contributed by atoms with E-state index in [-0.39, 0.29) is 30.9 Å². The predicted molar refractivity (Wildman–Crippen MR) is 196 cm³/mol. The molecule has 0 bridgehead atoms. The molecule has 274 valence electrons. The third-order valence-corrected chi connectivity index (χ3v) is 9.64. The quantitative estimate of drug-likeness (QED) is 0.0809. The van der Waals surface area contributed by atoms with Crippen LogP contribution < -0.4 is 19.5 Å². The Labute approximate surface area is 310 Å². The number of aromatic nitrogens is 2. The van der Waals surface area contributed by atoms with Gasteiger partial charge in [-0.25, -0.2) is 4.63 Å². The molecule has 1 saturated heterocycles. The van der Waals surface area contributed by atoms with E-state index in [0.29, 0.717) is 39.7 Å². The highest BCUT2D eigenvalue weighted by Gasteiger charge is 2.19. The van der Waals surface area contributed by atoms with Crippen molar-refractivity contribution in [3.8, 4) is 28.4 Å². The van der Waals surface area contributed by atoms with Crippen molar-refractivity contribution < 1.29 is 39.0 Å². The second-order valence-corrected chi connectivity index (χ2v) is 13.4. The van der Waals surface area contributed by atoms with Crippen molar-refractivity contribution in [2.45, 2.75) is 51.2 Å². The number of aliphatic hydroxyl groups is 2. The molecule has 0 saturated carbocycles. The smallest absolute Gasteiger partial charge is 0.323 e. The Bertz CT molecular complexity index is 1970. The van der Waals surface area contributed by atoms with Crippen LogP contribution >= 0.6 is 23.2 Å². The van der Waals surface area contributed by atoms with E-state index in [1.54, 1.807) is 24.3 Å². The lowest BCUT2D eigenvalue weighted by atomic mass is 10.0. The zero-order valence-corrected chi connectivity index (χ0v) is 29.9. The molecule has 2 heterocycles. The molecule has 1 atom stereocenters. The van der Waals surface area contributed by atoms with Crippen molar-refractivity contribution in [1.29, 1.82) is 0 Å². The van der Waals surface area contributed by atoms with Gasteiger partial charge in [-0.1, -0.05) is 59.6 Å². The molecule has 1 aromatic heterocycles. The Morgan fingerprint density at radius 1 is 0.923 bits per heavy atom. The summed E-state index contributed by atoms with van der Waals surface area (Å²) in [6.45, 7) is 3.08. The van der Waals surface area contributed by atoms with E-state index in [9.17, 15) is 20.1 Å². The van der Waals surface area contributed by atoms with Crippen LogP contribution in [-0.2, 0) is 24.6 Å². The molecular weight excluding hydrogens is 711 g/mol. The lowest BCUT2D eigenvalue weighted by molar-refractivity contribution is -0.140. The molecule has 0 aliphatic carbocycles. The second-order valence-electron chi connectivity index (χ2n) is 12.6. The summed E-state index contributed by atoms with van der Waals surface area (Å²) in [4.78, 5) is 13.9. The van der Waals surface area contributed by atoms with Gasteiger partial charge in [0.2, 0.25) is 0 Å². The van der Waals surface area contributed by atoms with E-state index in [0.717, 1.165) is 66.9 Å². The first kappa shape index (κ1) is 37.3. The molecule has 6 rings (SSSR count). The van der Waals surface area contributed by atoms with E-state index in [1.807, 2.05) is 48.5 Å². The Balaban J connectivity index is 1.13. The molecule has 14 heteroatoms. The number of carboxylic acid groups (broad SMARTS) is 1. The van der Waals surface area contributed by atoms with Crippen LogP contribution in [0.2, 0.25) is 10.0 Å². The van der Waals surface area contributed by atoms with Crippen LogP contribution in [0.4, 0.5) is 0 Å². The van der Waals surface area contributed by atoms with Crippen LogP contribution in [-0.4, -0.2) is 81.5 Å². The van der Waals surface area contributed by atoms with Crippen LogP contribution in [0.5, 0.6) is 17.2 Å². The maximum atomic E-state index is 11.5. The summed E-state index contributed by atoms with van der Waals surface area (Å²) in [6.07, 6.45) is 2.36. The summed E-state index contributed by atoms with van der Waals surface area (Å²) >= 11 is 13.6. The number of carboxylic acids is 1. The first-order valence-electron chi connectivity index (χ1n) is 17.0. The lowest BCUT2D eigenvalue weighted by Gasteiger charge is -2.29. The number of piperidine rings is 1. The van der Waals surface area contributed by atoms with Gasteiger partial charge in [0.15, 0.2) is 0 Å².